The summed E-state index contributed by atoms with van der Waals surface area (Å²) in [5.41, 5.74) is 71.0. The lowest BCUT2D eigenvalue weighted by Gasteiger charge is -2.07. The number of nitrogens with two attached hydrogens (primary N) is 8. The molecule has 8 rings (SSSR count). The average molecular weight is 1190 g/mol. The zero-order chi connectivity index (χ0) is 63.8. The summed E-state index contributed by atoms with van der Waals surface area (Å²) in [5.74, 6) is 0. The zero-order valence-corrected chi connectivity index (χ0v) is 53.4. The minimum Gasteiger partial charge on any atom is -0.330 e. The number of aryl methyl sites for hydroxylation is 8. The van der Waals surface area contributed by atoms with Crippen LogP contribution in [0.2, 0.25) is 0 Å². The van der Waals surface area contributed by atoms with E-state index in [1.807, 2.05) is 62.4 Å². The molecular weight excluding hydrogens is 1090 g/mol. The molecule has 464 valence electrons. The van der Waals surface area contributed by atoms with Gasteiger partial charge in [0.1, 0.15) is 0 Å². The molecular formula is C72H96N16. The van der Waals surface area contributed by atoms with Gasteiger partial charge in [0, 0.05) is 0 Å². The summed E-state index contributed by atoms with van der Waals surface area (Å²) < 4.78 is 0. The summed E-state index contributed by atoms with van der Waals surface area (Å²) >= 11 is 0. The van der Waals surface area contributed by atoms with Crippen LogP contribution in [0.5, 0.6) is 0 Å². The minimum atomic E-state index is 0.606. The van der Waals surface area contributed by atoms with Gasteiger partial charge in [0.25, 0.3) is 0 Å². The number of azo groups is 4. The van der Waals surface area contributed by atoms with Crippen LogP contribution in [0.25, 0.3) is 0 Å². The fourth-order valence-corrected chi connectivity index (χ4v) is 9.59. The van der Waals surface area contributed by atoms with Crippen LogP contribution in [-0.2, 0) is 51.4 Å². The van der Waals surface area contributed by atoms with Crippen LogP contribution < -0.4 is 45.9 Å². The van der Waals surface area contributed by atoms with E-state index in [-0.39, 0.29) is 0 Å². The Hall–Kier alpha value is -8.16. The summed E-state index contributed by atoms with van der Waals surface area (Å²) in [7, 11) is 0. The molecule has 0 aliphatic carbocycles. The van der Waals surface area contributed by atoms with Gasteiger partial charge in [-0.1, -0.05) is 72.8 Å². The Kier molecular flexibility index (Phi) is 30.6. The van der Waals surface area contributed by atoms with Crippen molar-refractivity contribution in [2.75, 3.05) is 52.4 Å². The van der Waals surface area contributed by atoms with Crippen LogP contribution in [0.15, 0.2) is 187 Å². The third-order valence-electron chi connectivity index (χ3n) is 14.4. The van der Waals surface area contributed by atoms with Crippen LogP contribution in [0.3, 0.4) is 0 Å². The number of hydrogen-bond donors (Lipinski definition) is 8. The molecule has 88 heavy (non-hydrogen) atoms. The van der Waals surface area contributed by atoms with Crippen molar-refractivity contribution in [2.24, 2.45) is 86.8 Å². The first kappa shape index (κ1) is 70.6. The molecule has 0 saturated heterocycles. The van der Waals surface area contributed by atoms with Gasteiger partial charge >= 0.3 is 0 Å². The molecule has 16 N–H and O–H groups in total. The van der Waals surface area contributed by atoms with Crippen molar-refractivity contribution in [3.8, 4) is 0 Å². The molecule has 0 atom stereocenters. The molecule has 8 aromatic rings. The van der Waals surface area contributed by atoms with Crippen molar-refractivity contribution in [3.05, 3.63) is 235 Å². The second-order valence-electron chi connectivity index (χ2n) is 22.2. The smallest absolute Gasteiger partial charge is 0.0892 e. The van der Waals surface area contributed by atoms with Gasteiger partial charge in [-0.25, -0.2) is 0 Å². The van der Waals surface area contributed by atoms with Crippen molar-refractivity contribution in [1.82, 2.24) is 0 Å². The van der Waals surface area contributed by atoms with E-state index in [1.165, 1.54) is 66.8 Å². The van der Waals surface area contributed by atoms with Gasteiger partial charge in [-0.15, -0.1) is 0 Å². The van der Waals surface area contributed by atoms with Gasteiger partial charge in [-0.05, 0) is 321 Å². The van der Waals surface area contributed by atoms with Gasteiger partial charge in [-0.2, -0.15) is 40.9 Å². The maximum atomic E-state index is 5.67. The highest BCUT2D eigenvalue weighted by molar-refractivity contribution is 5.54. The van der Waals surface area contributed by atoms with Gasteiger partial charge in [0.2, 0.25) is 0 Å². The molecule has 0 heterocycles. The second kappa shape index (κ2) is 38.2. The Balaban J connectivity index is 0.000000214. The molecule has 0 saturated carbocycles. The number of benzene rings is 8. The third kappa shape index (κ3) is 24.2. The molecule has 8 aromatic carbocycles. The highest BCUT2D eigenvalue weighted by atomic mass is 15.1. The first-order valence-electron chi connectivity index (χ1n) is 30.6. The van der Waals surface area contributed by atoms with Gasteiger partial charge in [-0.3, -0.25) is 0 Å². The topological polar surface area (TPSA) is 307 Å². The molecule has 16 heteroatoms. The van der Waals surface area contributed by atoms with Crippen LogP contribution in [0.4, 0.5) is 45.5 Å². The first-order chi connectivity index (χ1) is 42.5. The van der Waals surface area contributed by atoms with Crippen LogP contribution in [-0.4, -0.2) is 52.4 Å². The Morgan fingerprint density at radius 1 is 0.216 bits per heavy atom. The van der Waals surface area contributed by atoms with Crippen molar-refractivity contribution in [3.63, 3.8) is 0 Å². The summed E-state index contributed by atoms with van der Waals surface area (Å²) in [6.07, 6.45) is 6.75. The lowest BCUT2D eigenvalue weighted by atomic mass is 10.1. The van der Waals surface area contributed by atoms with Gasteiger partial charge < -0.3 is 45.9 Å². The number of rotatable bonds is 24. The summed E-state index contributed by atoms with van der Waals surface area (Å²) in [4.78, 5) is 0. The lowest BCUT2D eigenvalue weighted by Crippen LogP contribution is -2.03. The summed E-state index contributed by atoms with van der Waals surface area (Å²) in [6, 6.07) is 49.5. The Bertz CT molecular complexity index is 3350. The molecule has 0 aromatic heterocycles. The summed E-state index contributed by atoms with van der Waals surface area (Å²) in [6.45, 7) is 21.5. The Morgan fingerprint density at radius 3 is 0.898 bits per heavy atom. The van der Waals surface area contributed by atoms with Gasteiger partial charge in [0.15, 0.2) is 0 Å². The van der Waals surface area contributed by atoms with Crippen molar-refractivity contribution >= 4 is 45.5 Å². The minimum absolute atomic E-state index is 0.606. The van der Waals surface area contributed by atoms with Crippen molar-refractivity contribution < 1.29 is 0 Å². The monoisotopic (exact) mass is 1180 g/mol. The second-order valence-corrected chi connectivity index (χ2v) is 22.2. The maximum absolute atomic E-state index is 5.67. The molecule has 0 spiro atoms. The van der Waals surface area contributed by atoms with Crippen LogP contribution >= 0.6 is 0 Å². The van der Waals surface area contributed by atoms with E-state index in [4.69, 9.17) is 45.9 Å². The predicted molar refractivity (Wildman–Crippen MR) is 368 cm³/mol. The molecule has 0 amide bonds. The van der Waals surface area contributed by atoms with E-state index >= 15 is 0 Å². The van der Waals surface area contributed by atoms with Crippen molar-refractivity contribution in [1.29, 1.82) is 0 Å². The largest absolute Gasteiger partial charge is 0.330 e. The fourth-order valence-electron chi connectivity index (χ4n) is 9.59. The van der Waals surface area contributed by atoms with Crippen LogP contribution in [0, 0.1) is 55.4 Å². The molecule has 0 unspecified atom stereocenters. The van der Waals surface area contributed by atoms with E-state index in [1.54, 1.807) is 0 Å². The molecule has 0 bridgehead atoms. The van der Waals surface area contributed by atoms with Gasteiger partial charge in [0.05, 0.1) is 45.5 Å². The SMILES string of the molecule is Cc1cc(CCN)cc(N=Nc2cc(C)cc(CCN)c2)c1.Cc1ccc(CCN)c(N=Nc2cc(C)ccc2CCN)c1.Cc1ccc(CCN)cc1N=Nc1cc(CCN)ccc1C.Cc1ccc(N=Nc2ccc(C)c(CCN)c2)cc1CCN. The van der Waals surface area contributed by atoms with Crippen LogP contribution in [0.1, 0.15) is 89.0 Å². The Morgan fingerprint density at radius 2 is 0.534 bits per heavy atom. The Labute approximate surface area is 523 Å². The lowest BCUT2D eigenvalue weighted by molar-refractivity contribution is 0.954. The van der Waals surface area contributed by atoms with E-state index < -0.39 is 0 Å². The highest BCUT2D eigenvalue weighted by Crippen LogP contribution is 2.30. The number of hydrogen-bond acceptors (Lipinski definition) is 16. The fraction of sp³-hybridized carbons (Fsp3) is 0.333. The molecule has 0 radical (unpaired) electrons. The summed E-state index contributed by atoms with van der Waals surface area (Å²) in [5, 5.41) is 35.2. The van der Waals surface area contributed by atoms with Crippen molar-refractivity contribution in [2.45, 2.75) is 107 Å². The molecule has 0 aliphatic rings. The third-order valence-corrected chi connectivity index (χ3v) is 14.4. The highest BCUT2D eigenvalue weighted by Gasteiger charge is 2.08. The standard InChI is InChI=1S/4C18H24N4/c1-13-7-15(3-5-19)11-17(9-13)21-22-18-10-14(2)8-16(12-18)4-6-20;1-13-3-5-17(11-15(13)7-9-19)21-22-18-6-4-14(2)16(12-18)8-10-20;1-13-3-5-15(7-9-19)11-17(13)21-22-18-12-16(8-10-20)6-4-14(18)2;1-13-3-5-15(7-9-19)17(11-13)21-22-18-12-14(2)4-6-16(18)8-10-20/h7-12H,3-6,19-20H2,1-2H3;3*3-6,11-12H,7-10,19-20H2,1-2H3. The van der Waals surface area contributed by atoms with E-state index in [2.05, 4.69) is 180 Å². The zero-order valence-electron chi connectivity index (χ0n) is 53.4. The molecule has 0 fully saturated rings. The van der Waals surface area contributed by atoms with E-state index in [0.717, 1.165) is 119 Å². The normalized spacial score (nSPS) is 11.3. The quantitative estimate of drug-likeness (QED) is 0.0268. The maximum Gasteiger partial charge on any atom is 0.0892 e. The average Bonchev–Trinajstić information content (AvgIpc) is 3.66. The molecule has 16 nitrogen and oxygen atoms in total. The van der Waals surface area contributed by atoms with E-state index in [9.17, 15) is 0 Å². The first-order valence-corrected chi connectivity index (χ1v) is 30.6. The predicted octanol–water partition coefficient (Wildman–Crippen LogP) is 14.9. The number of nitrogens with zero attached hydrogens (tertiary/aromatic N) is 8. The molecule has 0 aliphatic heterocycles. The van der Waals surface area contributed by atoms with E-state index in [0.29, 0.717) is 52.4 Å².